The van der Waals surface area contributed by atoms with Gasteiger partial charge in [0.05, 0.1) is 12.5 Å². The van der Waals surface area contributed by atoms with Crippen LogP contribution in [0.5, 0.6) is 5.75 Å². The fraction of sp³-hybridized carbons (Fsp3) is 0.308. The van der Waals surface area contributed by atoms with Gasteiger partial charge in [-0.2, -0.15) is 9.97 Å². The van der Waals surface area contributed by atoms with Crippen molar-refractivity contribution in [1.82, 2.24) is 15.0 Å². The Morgan fingerprint density at radius 2 is 2.11 bits per heavy atom. The molecule has 5 nitrogen and oxygen atoms in total. The molecule has 0 saturated carbocycles. The summed E-state index contributed by atoms with van der Waals surface area (Å²) in [6.45, 7) is 0.578. The number of hydrogen-bond acceptors (Lipinski definition) is 6. The van der Waals surface area contributed by atoms with Gasteiger partial charge >= 0.3 is 0 Å². The molecule has 1 atom stereocenters. The lowest BCUT2D eigenvalue weighted by atomic mass is 9.96. The molecule has 0 radical (unpaired) electrons. The van der Waals surface area contributed by atoms with Gasteiger partial charge in [-0.15, -0.1) is 0 Å². The Hall–Kier alpha value is -1.82. The molecule has 0 aliphatic carbocycles. The number of benzene rings is 1. The molecule has 0 amide bonds. The van der Waals surface area contributed by atoms with E-state index in [1.54, 1.807) is 0 Å². The maximum absolute atomic E-state index is 5.76. The molecule has 3 rings (SSSR count). The summed E-state index contributed by atoms with van der Waals surface area (Å²) in [6, 6.07) is 8.05. The first-order chi connectivity index (χ1) is 9.26. The molecule has 1 aromatic carbocycles. The van der Waals surface area contributed by atoms with Crippen LogP contribution in [0.25, 0.3) is 0 Å². The number of aromatic nitrogens is 3. The predicted octanol–water partition coefficient (Wildman–Crippen LogP) is 1.89. The third-order valence-electron chi connectivity index (χ3n) is 3.08. The molecule has 6 heteroatoms. The summed E-state index contributed by atoms with van der Waals surface area (Å²) in [7, 11) is 0. The highest BCUT2D eigenvalue weighted by Gasteiger charge is 2.24. The van der Waals surface area contributed by atoms with E-state index in [0.717, 1.165) is 12.2 Å². The zero-order valence-corrected chi connectivity index (χ0v) is 11.4. The Kier molecular flexibility index (Phi) is 3.25. The van der Waals surface area contributed by atoms with Crippen molar-refractivity contribution in [2.45, 2.75) is 17.5 Å². The van der Waals surface area contributed by atoms with Gasteiger partial charge in [0.1, 0.15) is 11.6 Å². The van der Waals surface area contributed by atoms with E-state index in [4.69, 9.17) is 10.5 Å². The lowest BCUT2D eigenvalue weighted by Gasteiger charge is -2.24. The van der Waals surface area contributed by atoms with Gasteiger partial charge in [0.15, 0.2) is 5.16 Å². The second-order valence-corrected chi connectivity index (χ2v) is 5.13. The molecule has 1 aliphatic rings. The standard InChI is InChI=1S/C13H14N4OS/c1-19-13-16-11(15-12(14)17-13)9-6-8-4-2-3-5-10(8)18-7-9/h2-5,9H,6-7H2,1H3,(H2,14,15,16,17). The number of nitrogens with two attached hydrogens (primary N) is 1. The minimum Gasteiger partial charge on any atom is -0.493 e. The summed E-state index contributed by atoms with van der Waals surface area (Å²) in [5.74, 6) is 2.07. The first kappa shape index (κ1) is 12.2. The number of nitrogens with zero attached hydrogens (tertiary/aromatic N) is 3. The maximum Gasteiger partial charge on any atom is 0.224 e. The number of nitrogen functional groups attached to an aromatic ring is 1. The number of anilines is 1. The van der Waals surface area contributed by atoms with Gasteiger partial charge in [-0.05, 0) is 24.3 Å². The van der Waals surface area contributed by atoms with Crippen LogP contribution in [0, 0.1) is 0 Å². The van der Waals surface area contributed by atoms with Gasteiger partial charge < -0.3 is 10.5 Å². The summed E-state index contributed by atoms with van der Waals surface area (Å²) in [6.07, 6.45) is 2.79. The summed E-state index contributed by atoms with van der Waals surface area (Å²) in [4.78, 5) is 12.7. The topological polar surface area (TPSA) is 73.9 Å². The molecule has 0 fully saturated rings. The highest BCUT2D eigenvalue weighted by molar-refractivity contribution is 7.98. The third-order valence-corrected chi connectivity index (χ3v) is 3.62. The lowest BCUT2D eigenvalue weighted by molar-refractivity contribution is 0.257. The summed E-state index contributed by atoms with van der Waals surface area (Å²) >= 11 is 1.46. The number of ether oxygens (including phenoxy) is 1. The summed E-state index contributed by atoms with van der Waals surface area (Å²) in [5, 5.41) is 0.654. The molecule has 0 bridgehead atoms. The predicted molar refractivity (Wildman–Crippen MR) is 74.4 cm³/mol. The number of rotatable bonds is 2. The molecular weight excluding hydrogens is 260 g/mol. The minimum atomic E-state index is 0.131. The van der Waals surface area contributed by atoms with Gasteiger partial charge in [0, 0.05) is 0 Å². The van der Waals surface area contributed by atoms with E-state index in [2.05, 4.69) is 21.0 Å². The smallest absolute Gasteiger partial charge is 0.224 e. The molecule has 1 unspecified atom stereocenters. The Morgan fingerprint density at radius 3 is 2.95 bits per heavy atom. The Balaban J connectivity index is 1.90. The molecule has 2 N–H and O–H groups in total. The molecule has 19 heavy (non-hydrogen) atoms. The molecule has 1 aliphatic heterocycles. The molecule has 98 valence electrons. The van der Waals surface area contributed by atoms with Crippen LogP contribution in [0.2, 0.25) is 0 Å². The van der Waals surface area contributed by atoms with Crippen LogP contribution < -0.4 is 10.5 Å². The van der Waals surface area contributed by atoms with Crippen molar-refractivity contribution in [2.24, 2.45) is 0 Å². The second-order valence-electron chi connectivity index (χ2n) is 4.36. The van der Waals surface area contributed by atoms with Crippen LogP contribution in [0.1, 0.15) is 17.3 Å². The molecule has 0 spiro atoms. The van der Waals surface area contributed by atoms with Gasteiger partial charge in [0.25, 0.3) is 0 Å². The minimum absolute atomic E-state index is 0.131. The fourth-order valence-corrected chi connectivity index (χ4v) is 2.53. The first-order valence-corrected chi connectivity index (χ1v) is 7.25. The number of hydrogen-bond donors (Lipinski definition) is 1. The number of fused-ring (bicyclic) bond motifs is 1. The third kappa shape index (κ3) is 2.49. The Morgan fingerprint density at radius 1 is 1.26 bits per heavy atom. The molecule has 2 aromatic rings. The summed E-state index contributed by atoms with van der Waals surface area (Å²) in [5.41, 5.74) is 6.90. The van der Waals surface area contributed by atoms with Crippen molar-refractivity contribution < 1.29 is 4.74 Å². The van der Waals surface area contributed by atoms with Crippen LogP contribution in [0.3, 0.4) is 0 Å². The van der Waals surface area contributed by atoms with E-state index in [-0.39, 0.29) is 11.9 Å². The van der Waals surface area contributed by atoms with Crippen LogP contribution in [-0.2, 0) is 6.42 Å². The highest BCUT2D eigenvalue weighted by Crippen LogP contribution is 2.31. The molecule has 1 aromatic heterocycles. The van der Waals surface area contributed by atoms with Crippen LogP contribution in [-0.4, -0.2) is 27.8 Å². The van der Waals surface area contributed by atoms with E-state index in [1.807, 2.05) is 24.5 Å². The van der Waals surface area contributed by atoms with E-state index in [1.165, 1.54) is 17.3 Å². The number of para-hydroxylation sites is 1. The Labute approximate surface area is 115 Å². The van der Waals surface area contributed by atoms with E-state index >= 15 is 0 Å². The van der Waals surface area contributed by atoms with Gasteiger partial charge in [-0.3, -0.25) is 0 Å². The van der Waals surface area contributed by atoms with Gasteiger partial charge in [-0.25, -0.2) is 4.98 Å². The average molecular weight is 274 g/mol. The van der Waals surface area contributed by atoms with Gasteiger partial charge in [-0.1, -0.05) is 30.0 Å². The monoisotopic (exact) mass is 274 g/mol. The quantitative estimate of drug-likeness (QED) is 0.843. The van der Waals surface area contributed by atoms with Crippen molar-refractivity contribution in [3.63, 3.8) is 0 Å². The Bertz CT molecular complexity index is 605. The molecular formula is C13H14N4OS. The van der Waals surface area contributed by atoms with Crippen molar-refractivity contribution in [3.8, 4) is 5.75 Å². The maximum atomic E-state index is 5.76. The largest absolute Gasteiger partial charge is 0.493 e. The normalized spacial score (nSPS) is 17.6. The van der Waals surface area contributed by atoms with Crippen LogP contribution in [0.4, 0.5) is 5.95 Å². The van der Waals surface area contributed by atoms with E-state index < -0.39 is 0 Å². The fourth-order valence-electron chi connectivity index (χ4n) is 2.16. The average Bonchev–Trinajstić information content (AvgIpc) is 2.46. The summed E-state index contributed by atoms with van der Waals surface area (Å²) < 4.78 is 5.76. The highest BCUT2D eigenvalue weighted by atomic mass is 32.2. The van der Waals surface area contributed by atoms with Gasteiger partial charge in [0.2, 0.25) is 5.95 Å². The zero-order valence-electron chi connectivity index (χ0n) is 10.5. The van der Waals surface area contributed by atoms with Crippen molar-refractivity contribution >= 4 is 17.7 Å². The van der Waals surface area contributed by atoms with E-state index in [9.17, 15) is 0 Å². The number of thioether (sulfide) groups is 1. The zero-order chi connectivity index (χ0) is 13.2. The van der Waals surface area contributed by atoms with Crippen molar-refractivity contribution in [3.05, 3.63) is 35.7 Å². The second kappa shape index (κ2) is 5.05. The molecule has 2 heterocycles. The van der Waals surface area contributed by atoms with Crippen molar-refractivity contribution in [1.29, 1.82) is 0 Å². The molecule has 0 saturated heterocycles. The van der Waals surface area contributed by atoms with Crippen LogP contribution >= 0.6 is 11.8 Å². The first-order valence-electron chi connectivity index (χ1n) is 6.02. The van der Waals surface area contributed by atoms with Crippen molar-refractivity contribution in [2.75, 3.05) is 18.6 Å². The SMILES string of the molecule is CSc1nc(N)nc(C2COc3ccccc3C2)n1. The lowest BCUT2D eigenvalue weighted by Crippen LogP contribution is -2.22. The van der Waals surface area contributed by atoms with E-state index in [0.29, 0.717) is 17.6 Å². The van der Waals surface area contributed by atoms with Crippen LogP contribution in [0.15, 0.2) is 29.4 Å².